The van der Waals surface area contributed by atoms with Crippen LogP contribution in [0, 0.1) is 5.82 Å². The van der Waals surface area contributed by atoms with Crippen molar-refractivity contribution in [1.82, 2.24) is 5.32 Å². The van der Waals surface area contributed by atoms with Crippen molar-refractivity contribution in [2.45, 2.75) is 32.1 Å². The van der Waals surface area contributed by atoms with Crippen LogP contribution in [-0.2, 0) is 9.47 Å². The molecule has 0 aliphatic carbocycles. The van der Waals surface area contributed by atoms with Crippen LogP contribution in [0.15, 0.2) is 18.2 Å². The summed E-state index contributed by atoms with van der Waals surface area (Å²) in [5.41, 5.74) is 0.759. The van der Waals surface area contributed by atoms with E-state index in [1.54, 1.807) is 6.07 Å². The molecule has 106 valence electrons. The van der Waals surface area contributed by atoms with Gasteiger partial charge in [0.05, 0.1) is 13.2 Å². The maximum atomic E-state index is 13.4. The largest absolute Gasteiger partial charge is 0.350 e. The summed E-state index contributed by atoms with van der Waals surface area (Å²) in [4.78, 5) is 0. The Morgan fingerprint density at radius 2 is 2.16 bits per heavy atom. The molecule has 0 radical (unpaired) electrons. The van der Waals surface area contributed by atoms with E-state index in [-0.39, 0.29) is 18.1 Å². The summed E-state index contributed by atoms with van der Waals surface area (Å²) < 4.78 is 24.3. The van der Waals surface area contributed by atoms with Gasteiger partial charge in [-0.3, -0.25) is 0 Å². The summed E-state index contributed by atoms with van der Waals surface area (Å²) in [6.07, 6.45) is 1.38. The minimum atomic E-state index is -0.282. The molecule has 2 rings (SSSR count). The van der Waals surface area contributed by atoms with Gasteiger partial charge in [-0.1, -0.05) is 18.5 Å². The van der Waals surface area contributed by atoms with Gasteiger partial charge in [-0.2, -0.15) is 0 Å². The first-order valence-electron chi connectivity index (χ1n) is 6.62. The third-order valence-electron chi connectivity index (χ3n) is 3.09. The van der Waals surface area contributed by atoms with Crippen molar-refractivity contribution >= 4 is 11.6 Å². The van der Waals surface area contributed by atoms with Crippen molar-refractivity contribution in [3.63, 3.8) is 0 Å². The molecule has 0 bridgehead atoms. The summed E-state index contributed by atoms with van der Waals surface area (Å²) >= 11 is 6.17. The number of rotatable bonds is 6. The first-order valence-corrected chi connectivity index (χ1v) is 7.00. The zero-order valence-electron chi connectivity index (χ0n) is 11.0. The Morgan fingerprint density at radius 3 is 2.84 bits per heavy atom. The van der Waals surface area contributed by atoms with Crippen molar-refractivity contribution in [3.8, 4) is 0 Å². The van der Waals surface area contributed by atoms with Gasteiger partial charge in [0, 0.05) is 17.5 Å². The summed E-state index contributed by atoms with van der Waals surface area (Å²) in [7, 11) is 0. The highest BCUT2D eigenvalue weighted by Gasteiger charge is 2.23. The fourth-order valence-corrected chi connectivity index (χ4v) is 2.41. The van der Waals surface area contributed by atoms with E-state index in [2.05, 4.69) is 12.2 Å². The van der Waals surface area contributed by atoms with E-state index in [0.29, 0.717) is 24.7 Å². The van der Waals surface area contributed by atoms with Gasteiger partial charge in [0.25, 0.3) is 0 Å². The average Bonchev–Trinajstić information content (AvgIpc) is 2.90. The van der Waals surface area contributed by atoms with Crippen molar-refractivity contribution in [1.29, 1.82) is 0 Å². The Kier molecular flexibility index (Phi) is 5.58. The number of benzene rings is 1. The van der Waals surface area contributed by atoms with Crippen LogP contribution in [0.5, 0.6) is 0 Å². The molecule has 5 heteroatoms. The fraction of sp³-hybridized carbons (Fsp3) is 0.571. The maximum Gasteiger partial charge on any atom is 0.159 e. The second-order valence-corrected chi connectivity index (χ2v) is 4.99. The number of hydrogen-bond donors (Lipinski definition) is 1. The minimum absolute atomic E-state index is 0.0637. The molecule has 0 saturated carbocycles. The van der Waals surface area contributed by atoms with Crippen LogP contribution in [0.3, 0.4) is 0 Å². The highest BCUT2D eigenvalue weighted by Crippen LogP contribution is 2.28. The molecule has 1 unspecified atom stereocenters. The predicted molar refractivity (Wildman–Crippen MR) is 72.8 cm³/mol. The molecular weight excluding hydrogens is 269 g/mol. The van der Waals surface area contributed by atoms with Gasteiger partial charge >= 0.3 is 0 Å². The van der Waals surface area contributed by atoms with Gasteiger partial charge in [0.1, 0.15) is 5.82 Å². The van der Waals surface area contributed by atoms with E-state index in [4.69, 9.17) is 21.1 Å². The number of hydrogen-bond acceptors (Lipinski definition) is 3. The lowest BCUT2D eigenvalue weighted by atomic mass is 10.0. The van der Waals surface area contributed by atoms with Crippen LogP contribution >= 0.6 is 11.6 Å². The predicted octanol–water partition coefficient (Wildman–Crippen LogP) is 3.28. The Hall–Kier alpha value is -0.680. The van der Waals surface area contributed by atoms with E-state index in [1.165, 1.54) is 12.1 Å². The van der Waals surface area contributed by atoms with Crippen molar-refractivity contribution in [2.75, 3.05) is 19.8 Å². The standard InChI is InChI=1S/C14H19ClFNO2/c1-2-5-17-13(9-14-18-6-7-19-14)11-8-10(16)3-4-12(11)15/h3-4,8,13-14,17H,2,5-7,9H2,1H3. The van der Waals surface area contributed by atoms with Gasteiger partial charge in [-0.05, 0) is 36.7 Å². The van der Waals surface area contributed by atoms with Gasteiger partial charge in [-0.15, -0.1) is 0 Å². The molecule has 1 aromatic carbocycles. The molecule has 1 aromatic rings. The summed E-state index contributed by atoms with van der Waals surface area (Å²) in [6.45, 7) is 4.15. The lowest BCUT2D eigenvalue weighted by Crippen LogP contribution is -2.27. The second kappa shape index (κ2) is 7.20. The Balaban J connectivity index is 2.12. The van der Waals surface area contributed by atoms with Gasteiger partial charge in [-0.25, -0.2) is 4.39 Å². The van der Waals surface area contributed by atoms with Crippen molar-refractivity contribution in [3.05, 3.63) is 34.6 Å². The second-order valence-electron chi connectivity index (χ2n) is 4.58. The van der Waals surface area contributed by atoms with Crippen LogP contribution in [0.2, 0.25) is 5.02 Å². The molecule has 3 nitrogen and oxygen atoms in total. The fourth-order valence-electron chi connectivity index (χ4n) is 2.16. The van der Waals surface area contributed by atoms with E-state index < -0.39 is 0 Å². The first kappa shape index (κ1) is 14.7. The number of halogens is 2. The molecule has 1 heterocycles. The van der Waals surface area contributed by atoms with Crippen LogP contribution in [-0.4, -0.2) is 26.0 Å². The molecule has 1 fully saturated rings. The van der Waals surface area contributed by atoms with Gasteiger partial charge in [0.2, 0.25) is 0 Å². The molecule has 0 aromatic heterocycles. The van der Waals surface area contributed by atoms with Crippen LogP contribution in [0.4, 0.5) is 4.39 Å². The number of ether oxygens (including phenoxy) is 2. The molecule has 1 aliphatic heterocycles. The lowest BCUT2D eigenvalue weighted by molar-refractivity contribution is -0.0530. The van der Waals surface area contributed by atoms with Gasteiger partial charge < -0.3 is 14.8 Å². The topological polar surface area (TPSA) is 30.5 Å². The smallest absolute Gasteiger partial charge is 0.159 e. The highest BCUT2D eigenvalue weighted by atomic mass is 35.5. The molecule has 19 heavy (non-hydrogen) atoms. The summed E-state index contributed by atoms with van der Waals surface area (Å²) in [6, 6.07) is 4.37. The summed E-state index contributed by atoms with van der Waals surface area (Å²) in [5.74, 6) is -0.282. The molecule has 1 aliphatic rings. The molecule has 1 saturated heterocycles. The lowest BCUT2D eigenvalue weighted by Gasteiger charge is -2.22. The molecule has 1 atom stereocenters. The molecule has 0 amide bonds. The van der Waals surface area contributed by atoms with Crippen molar-refractivity contribution in [2.24, 2.45) is 0 Å². The zero-order valence-corrected chi connectivity index (χ0v) is 11.8. The van der Waals surface area contributed by atoms with E-state index in [0.717, 1.165) is 18.5 Å². The molecule has 0 spiro atoms. The number of nitrogens with one attached hydrogen (secondary N) is 1. The monoisotopic (exact) mass is 287 g/mol. The quantitative estimate of drug-likeness (QED) is 0.871. The van der Waals surface area contributed by atoms with Crippen LogP contribution in [0.25, 0.3) is 0 Å². The van der Waals surface area contributed by atoms with E-state index in [1.807, 2.05) is 0 Å². The SMILES string of the molecule is CCCNC(CC1OCCO1)c1cc(F)ccc1Cl. The van der Waals surface area contributed by atoms with E-state index >= 15 is 0 Å². The Morgan fingerprint density at radius 1 is 1.42 bits per heavy atom. The normalized spacial score (nSPS) is 17.8. The third-order valence-corrected chi connectivity index (χ3v) is 3.44. The summed E-state index contributed by atoms with van der Waals surface area (Å²) in [5, 5.41) is 3.93. The van der Waals surface area contributed by atoms with Crippen molar-refractivity contribution < 1.29 is 13.9 Å². The third kappa shape index (κ3) is 4.14. The first-order chi connectivity index (χ1) is 9.20. The highest BCUT2D eigenvalue weighted by molar-refractivity contribution is 6.31. The maximum absolute atomic E-state index is 13.4. The molecule has 1 N–H and O–H groups in total. The van der Waals surface area contributed by atoms with E-state index in [9.17, 15) is 4.39 Å². The van der Waals surface area contributed by atoms with Crippen LogP contribution < -0.4 is 5.32 Å². The minimum Gasteiger partial charge on any atom is -0.350 e. The average molecular weight is 288 g/mol. The zero-order chi connectivity index (χ0) is 13.7. The molecular formula is C14H19ClFNO2. The Bertz CT molecular complexity index is 410. The Labute approximate surface area is 118 Å². The van der Waals surface area contributed by atoms with Crippen LogP contribution in [0.1, 0.15) is 31.4 Å². The van der Waals surface area contributed by atoms with Gasteiger partial charge in [0.15, 0.2) is 6.29 Å².